The molecule has 0 spiro atoms. The van der Waals surface area contributed by atoms with Gasteiger partial charge in [-0.2, -0.15) is 0 Å². The summed E-state index contributed by atoms with van der Waals surface area (Å²) in [5.41, 5.74) is 2.29. The van der Waals surface area contributed by atoms with Crippen molar-refractivity contribution in [1.82, 2.24) is 5.32 Å². The van der Waals surface area contributed by atoms with Gasteiger partial charge in [-0.15, -0.1) is 11.8 Å². The zero-order valence-electron chi connectivity index (χ0n) is 13.5. The van der Waals surface area contributed by atoms with Crippen LogP contribution in [0.5, 0.6) is 0 Å². The topological polar surface area (TPSA) is 49.3 Å². The van der Waals surface area contributed by atoms with Gasteiger partial charge in [-0.1, -0.05) is 60.7 Å². The SMILES string of the molecule is CC(C)(SCc1ccccc1)[C@@H](NCc1ccccc1)C(=O)O. The highest BCUT2D eigenvalue weighted by Crippen LogP contribution is 2.31. The van der Waals surface area contributed by atoms with Crippen LogP contribution in [0.4, 0.5) is 0 Å². The highest BCUT2D eigenvalue weighted by Gasteiger charge is 2.35. The summed E-state index contributed by atoms with van der Waals surface area (Å²) in [6.45, 7) is 4.52. The molecule has 2 aromatic carbocycles. The van der Waals surface area contributed by atoms with Crippen molar-refractivity contribution in [2.45, 2.75) is 36.9 Å². The van der Waals surface area contributed by atoms with E-state index in [1.165, 1.54) is 5.56 Å². The molecule has 1 atom stereocenters. The molecule has 0 unspecified atom stereocenters. The molecule has 0 aliphatic heterocycles. The average molecular weight is 329 g/mol. The number of carboxylic acids is 1. The summed E-state index contributed by atoms with van der Waals surface area (Å²) < 4.78 is -0.420. The van der Waals surface area contributed by atoms with E-state index in [2.05, 4.69) is 17.4 Å². The van der Waals surface area contributed by atoms with Gasteiger partial charge in [0.2, 0.25) is 0 Å². The van der Waals surface area contributed by atoms with Crippen LogP contribution >= 0.6 is 11.8 Å². The molecule has 4 heteroatoms. The van der Waals surface area contributed by atoms with E-state index in [0.29, 0.717) is 6.54 Å². The molecule has 2 N–H and O–H groups in total. The monoisotopic (exact) mass is 329 g/mol. The Labute approximate surface area is 142 Å². The van der Waals surface area contributed by atoms with Crippen molar-refractivity contribution < 1.29 is 9.90 Å². The Hall–Kier alpha value is -1.78. The minimum absolute atomic E-state index is 0.420. The van der Waals surface area contributed by atoms with Crippen LogP contribution in [0.25, 0.3) is 0 Å². The van der Waals surface area contributed by atoms with E-state index in [9.17, 15) is 9.90 Å². The summed E-state index contributed by atoms with van der Waals surface area (Å²) in [5.74, 6) is -0.0172. The lowest BCUT2D eigenvalue weighted by atomic mass is 10.0. The first-order valence-corrected chi connectivity index (χ1v) is 8.65. The second-order valence-electron chi connectivity index (χ2n) is 6.02. The van der Waals surface area contributed by atoms with Gasteiger partial charge in [0.25, 0.3) is 0 Å². The van der Waals surface area contributed by atoms with Crippen LogP contribution in [-0.2, 0) is 17.1 Å². The molecule has 0 aliphatic rings. The Morgan fingerprint density at radius 2 is 1.57 bits per heavy atom. The molecule has 3 nitrogen and oxygen atoms in total. The number of thioether (sulfide) groups is 1. The molecule has 0 amide bonds. The van der Waals surface area contributed by atoms with Crippen molar-refractivity contribution in [3.63, 3.8) is 0 Å². The lowest BCUT2D eigenvalue weighted by Gasteiger charge is -2.31. The summed E-state index contributed by atoms with van der Waals surface area (Å²) in [6.07, 6.45) is 0. The quantitative estimate of drug-likeness (QED) is 0.770. The maximum atomic E-state index is 11.7. The zero-order valence-corrected chi connectivity index (χ0v) is 14.3. The van der Waals surface area contributed by atoms with Gasteiger partial charge >= 0.3 is 5.97 Å². The number of carboxylic acid groups (broad SMARTS) is 1. The summed E-state index contributed by atoms with van der Waals surface area (Å²) in [6, 6.07) is 19.4. The molecule has 0 saturated carbocycles. The fourth-order valence-corrected chi connectivity index (χ4v) is 3.46. The first-order valence-electron chi connectivity index (χ1n) is 7.67. The molecule has 2 rings (SSSR count). The summed E-state index contributed by atoms with van der Waals surface area (Å²) in [5, 5.41) is 12.8. The normalized spacial score (nSPS) is 12.8. The van der Waals surface area contributed by atoms with E-state index in [1.54, 1.807) is 11.8 Å². The predicted molar refractivity (Wildman–Crippen MR) is 96.5 cm³/mol. The third-order valence-corrected chi connectivity index (χ3v) is 5.21. The van der Waals surface area contributed by atoms with Crippen LogP contribution in [0, 0.1) is 0 Å². The van der Waals surface area contributed by atoms with Crippen molar-refractivity contribution in [2.24, 2.45) is 0 Å². The van der Waals surface area contributed by atoms with Crippen LogP contribution < -0.4 is 5.32 Å². The summed E-state index contributed by atoms with van der Waals surface area (Å²) >= 11 is 1.66. The second kappa shape index (κ2) is 8.18. The first-order chi connectivity index (χ1) is 11.0. The molecule has 0 aliphatic carbocycles. The van der Waals surface area contributed by atoms with Crippen LogP contribution in [-0.4, -0.2) is 21.9 Å². The Bertz CT molecular complexity index is 614. The Morgan fingerprint density at radius 1 is 1.04 bits per heavy atom. The maximum Gasteiger partial charge on any atom is 0.322 e. The van der Waals surface area contributed by atoms with Crippen molar-refractivity contribution >= 4 is 17.7 Å². The molecule has 122 valence electrons. The van der Waals surface area contributed by atoms with Gasteiger partial charge < -0.3 is 5.11 Å². The number of benzene rings is 2. The van der Waals surface area contributed by atoms with E-state index in [4.69, 9.17) is 0 Å². The zero-order chi connectivity index (χ0) is 16.7. The molecule has 0 heterocycles. The Kier molecular flexibility index (Phi) is 6.25. The lowest BCUT2D eigenvalue weighted by molar-refractivity contribution is -0.140. The molecule has 0 fully saturated rings. The van der Waals surface area contributed by atoms with Gasteiger partial charge in [-0.25, -0.2) is 0 Å². The summed E-state index contributed by atoms with van der Waals surface area (Å²) in [7, 11) is 0. The number of hydrogen-bond acceptors (Lipinski definition) is 3. The highest BCUT2D eigenvalue weighted by molar-refractivity contribution is 7.99. The fraction of sp³-hybridized carbons (Fsp3) is 0.316. The second-order valence-corrected chi connectivity index (χ2v) is 7.65. The van der Waals surface area contributed by atoms with Gasteiger partial charge in [0.05, 0.1) is 0 Å². The lowest BCUT2D eigenvalue weighted by Crippen LogP contribution is -2.50. The standard InChI is InChI=1S/C19H23NO2S/c1-19(2,23-14-16-11-7-4-8-12-16)17(18(21)22)20-13-15-9-5-3-6-10-15/h3-12,17,20H,13-14H2,1-2H3,(H,21,22)/t17-/m0/s1. The Morgan fingerprint density at radius 3 is 2.09 bits per heavy atom. The first kappa shape index (κ1) is 17.6. The van der Waals surface area contributed by atoms with Gasteiger partial charge in [0.1, 0.15) is 6.04 Å². The largest absolute Gasteiger partial charge is 0.480 e. The van der Waals surface area contributed by atoms with Crippen LogP contribution in [0.2, 0.25) is 0 Å². The molecule has 2 aromatic rings. The number of hydrogen-bond donors (Lipinski definition) is 2. The van der Waals surface area contributed by atoms with Crippen LogP contribution in [0.3, 0.4) is 0 Å². The van der Waals surface area contributed by atoms with E-state index in [0.717, 1.165) is 11.3 Å². The molecule has 0 bridgehead atoms. The minimum atomic E-state index is -0.813. The van der Waals surface area contributed by atoms with E-state index >= 15 is 0 Å². The van der Waals surface area contributed by atoms with Gasteiger partial charge in [-0.05, 0) is 25.0 Å². The van der Waals surface area contributed by atoms with Gasteiger partial charge in [0.15, 0.2) is 0 Å². The molecule has 0 radical (unpaired) electrons. The van der Waals surface area contributed by atoms with E-state index < -0.39 is 16.8 Å². The minimum Gasteiger partial charge on any atom is -0.480 e. The molecule has 23 heavy (non-hydrogen) atoms. The van der Waals surface area contributed by atoms with Crippen molar-refractivity contribution in [1.29, 1.82) is 0 Å². The number of carbonyl (C=O) groups is 1. The molecule has 0 saturated heterocycles. The predicted octanol–water partition coefficient (Wildman–Crippen LogP) is 3.94. The average Bonchev–Trinajstić information content (AvgIpc) is 2.55. The highest BCUT2D eigenvalue weighted by atomic mass is 32.2. The van der Waals surface area contributed by atoms with Crippen molar-refractivity contribution in [3.8, 4) is 0 Å². The smallest absolute Gasteiger partial charge is 0.322 e. The Balaban J connectivity index is 1.98. The fourth-order valence-electron chi connectivity index (χ4n) is 2.37. The van der Waals surface area contributed by atoms with Crippen molar-refractivity contribution in [3.05, 3.63) is 71.8 Å². The van der Waals surface area contributed by atoms with E-state index in [-0.39, 0.29) is 0 Å². The third-order valence-electron chi connectivity index (χ3n) is 3.75. The maximum absolute atomic E-state index is 11.7. The number of nitrogens with one attached hydrogen (secondary N) is 1. The van der Waals surface area contributed by atoms with Gasteiger partial charge in [0, 0.05) is 17.0 Å². The number of aliphatic carboxylic acids is 1. The van der Waals surface area contributed by atoms with Crippen LogP contribution in [0.15, 0.2) is 60.7 Å². The van der Waals surface area contributed by atoms with Gasteiger partial charge in [-0.3, -0.25) is 10.1 Å². The third kappa shape index (κ3) is 5.41. The van der Waals surface area contributed by atoms with E-state index in [1.807, 2.05) is 62.4 Å². The number of rotatable bonds is 8. The molecular weight excluding hydrogens is 306 g/mol. The van der Waals surface area contributed by atoms with Crippen LogP contribution in [0.1, 0.15) is 25.0 Å². The van der Waals surface area contributed by atoms with Crippen molar-refractivity contribution in [2.75, 3.05) is 0 Å². The summed E-state index contributed by atoms with van der Waals surface area (Å²) in [4.78, 5) is 11.7. The molecular formula is C19H23NO2S. The molecule has 0 aromatic heterocycles.